The summed E-state index contributed by atoms with van der Waals surface area (Å²) < 4.78 is 5.23. The second-order valence-electron chi connectivity index (χ2n) is 6.54. The molecule has 2 rings (SSSR count). The number of likely N-dealkylation sites (tertiary alicyclic amines) is 1. The second-order valence-corrected chi connectivity index (χ2v) is 7.49. The zero-order valence-electron chi connectivity index (χ0n) is 15.4. The number of nitrogens with zero attached hydrogens (tertiary/aromatic N) is 2. The number of carbonyl (C=O) groups is 3. The van der Waals surface area contributed by atoms with Crippen molar-refractivity contribution in [1.29, 1.82) is 0 Å². The van der Waals surface area contributed by atoms with E-state index in [1.807, 2.05) is 25.3 Å². The molecule has 7 heteroatoms. The van der Waals surface area contributed by atoms with Gasteiger partial charge in [-0.1, -0.05) is 18.2 Å². The number of rotatable bonds is 7. The third-order valence-corrected chi connectivity index (χ3v) is 5.16. The topological polar surface area (TPSA) is 66.9 Å². The molecule has 0 saturated carbocycles. The highest BCUT2D eigenvalue weighted by atomic mass is 32.1. The molecule has 0 spiro atoms. The van der Waals surface area contributed by atoms with Crippen LogP contribution in [0.5, 0.6) is 0 Å². The van der Waals surface area contributed by atoms with Gasteiger partial charge in [-0.3, -0.25) is 14.4 Å². The third-order valence-electron chi connectivity index (χ3n) is 4.31. The summed E-state index contributed by atoms with van der Waals surface area (Å²) in [7, 11) is 0. The van der Waals surface area contributed by atoms with Crippen LogP contribution in [0.3, 0.4) is 0 Å². The summed E-state index contributed by atoms with van der Waals surface area (Å²) in [5.74, 6) is -1.07. The molecular formula is C19H26N2O4S. The normalized spacial score (nSPS) is 16.8. The highest BCUT2D eigenvalue weighted by Gasteiger charge is 2.30. The van der Waals surface area contributed by atoms with E-state index >= 15 is 0 Å². The largest absolute Gasteiger partial charge is 0.455 e. The minimum absolute atomic E-state index is 0.0489. The van der Waals surface area contributed by atoms with E-state index in [1.165, 1.54) is 11.3 Å². The van der Waals surface area contributed by atoms with E-state index in [1.54, 1.807) is 15.9 Å². The molecule has 142 valence electrons. The standard InChI is InChI=1S/C19H26N2O4S/c1-4-20(11-14(2)3)17(22)13-25-19(24)15-7-5-9-21(12-15)18(23)16-8-6-10-26-16/h6,8,10,15H,2,4-5,7,9,11-13H2,1,3H3. The number of esters is 1. The lowest BCUT2D eigenvalue weighted by atomic mass is 9.98. The lowest BCUT2D eigenvalue weighted by Gasteiger charge is -2.31. The smallest absolute Gasteiger partial charge is 0.311 e. The van der Waals surface area contributed by atoms with E-state index in [4.69, 9.17) is 4.74 Å². The highest BCUT2D eigenvalue weighted by molar-refractivity contribution is 7.12. The van der Waals surface area contributed by atoms with Gasteiger partial charge in [0.05, 0.1) is 10.8 Å². The third kappa shape index (κ3) is 5.42. The molecule has 6 nitrogen and oxygen atoms in total. The molecule has 0 N–H and O–H groups in total. The fraction of sp³-hybridized carbons (Fsp3) is 0.526. The summed E-state index contributed by atoms with van der Waals surface area (Å²) in [5.41, 5.74) is 0.876. The SMILES string of the molecule is C=C(C)CN(CC)C(=O)COC(=O)C1CCCN(C(=O)c2cccs2)C1. The van der Waals surface area contributed by atoms with Gasteiger partial charge in [-0.15, -0.1) is 11.3 Å². The van der Waals surface area contributed by atoms with Crippen LogP contribution < -0.4 is 0 Å². The molecule has 1 aromatic heterocycles. The van der Waals surface area contributed by atoms with Crippen LogP contribution in [0.4, 0.5) is 0 Å². The predicted molar refractivity (Wildman–Crippen MR) is 101 cm³/mol. The van der Waals surface area contributed by atoms with E-state index < -0.39 is 5.97 Å². The van der Waals surface area contributed by atoms with E-state index in [-0.39, 0.29) is 24.3 Å². The van der Waals surface area contributed by atoms with E-state index in [2.05, 4.69) is 6.58 Å². The molecule has 1 aliphatic heterocycles. The fourth-order valence-corrected chi connectivity index (χ4v) is 3.65. The summed E-state index contributed by atoms with van der Waals surface area (Å²) >= 11 is 1.39. The van der Waals surface area contributed by atoms with Crippen molar-refractivity contribution in [3.8, 4) is 0 Å². The average molecular weight is 378 g/mol. The van der Waals surface area contributed by atoms with Crippen molar-refractivity contribution in [3.05, 3.63) is 34.5 Å². The van der Waals surface area contributed by atoms with Gasteiger partial charge in [0.2, 0.25) is 0 Å². The predicted octanol–water partition coefficient (Wildman–Crippen LogP) is 2.57. The molecule has 1 saturated heterocycles. The van der Waals surface area contributed by atoms with Crippen LogP contribution in [0.2, 0.25) is 0 Å². The zero-order valence-corrected chi connectivity index (χ0v) is 16.2. The van der Waals surface area contributed by atoms with Crippen molar-refractivity contribution in [2.75, 3.05) is 32.8 Å². The number of likely N-dealkylation sites (N-methyl/N-ethyl adjacent to an activating group) is 1. The van der Waals surface area contributed by atoms with Gasteiger partial charge in [-0.2, -0.15) is 0 Å². The minimum atomic E-state index is -0.409. The molecule has 1 atom stereocenters. The Labute approximate surface area is 158 Å². The summed E-state index contributed by atoms with van der Waals surface area (Å²) in [6, 6.07) is 3.62. The minimum Gasteiger partial charge on any atom is -0.455 e. The molecule has 0 radical (unpaired) electrons. The van der Waals surface area contributed by atoms with Gasteiger partial charge >= 0.3 is 5.97 Å². The molecule has 26 heavy (non-hydrogen) atoms. The van der Waals surface area contributed by atoms with Gasteiger partial charge in [0.25, 0.3) is 11.8 Å². The number of hydrogen-bond acceptors (Lipinski definition) is 5. The first kappa shape index (κ1) is 20.2. The number of carbonyl (C=O) groups excluding carboxylic acids is 3. The van der Waals surface area contributed by atoms with Crippen molar-refractivity contribution < 1.29 is 19.1 Å². The Kier molecular flexibility index (Phi) is 7.38. The van der Waals surface area contributed by atoms with Crippen molar-refractivity contribution in [1.82, 2.24) is 9.80 Å². The Hall–Kier alpha value is -2.15. The first-order valence-corrected chi connectivity index (χ1v) is 9.72. The molecule has 1 fully saturated rings. The quantitative estimate of drug-likeness (QED) is 0.540. The fourth-order valence-electron chi connectivity index (χ4n) is 2.95. The molecule has 2 heterocycles. The molecule has 1 aromatic rings. The van der Waals surface area contributed by atoms with Crippen molar-refractivity contribution >= 4 is 29.1 Å². The molecule has 2 amide bonds. The molecule has 0 aliphatic carbocycles. The zero-order chi connectivity index (χ0) is 19.1. The van der Waals surface area contributed by atoms with Gasteiger partial charge in [0, 0.05) is 26.2 Å². The maximum absolute atomic E-state index is 12.4. The Bertz CT molecular complexity index is 657. The summed E-state index contributed by atoms with van der Waals surface area (Å²) in [4.78, 5) is 40.9. The summed E-state index contributed by atoms with van der Waals surface area (Å²) in [6.07, 6.45) is 1.42. The van der Waals surface area contributed by atoms with E-state index in [9.17, 15) is 14.4 Å². The number of amides is 2. The molecule has 0 aromatic carbocycles. The van der Waals surface area contributed by atoms with Gasteiger partial charge in [0.15, 0.2) is 6.61 Å². The first-order chi connectivity index (χ1) is 12.4. The van der Waals surface area contributed by atoms with Crippen LogP contribution in [0.25, 0.3) is 0 Å². The van der Waals surface area contributed by atoms with Gasteiger partial charge in [0.1, 0.15) is 0 Å². The Morgan fingerprint density at radius 2 is 2.19 bits per heavy atom. The second kappa shape index (κ2) is 9.52. The molecule has 1 unspecified atom stereocenters. The number of ether oxygens (including phenoxy) is 1. The summed E-state index contributed by atoms with van der Waals surface area (Å²) in [6.45, 7) is 9.23. The maximum atomic E-state index is 12.4. The van der Waals surface area contributed by atoms with Crippen LogP contribution in [-0.2, 0) is 14.3 Å². The Morgan fingerprint density at radius 1 is 1.42 bits per heavy atom. The van der Waals surface area contributed by atoms with Crippen molar-refractivity contribution in [2.24, 2.45) is 5.92 Å². The Morgan fingerprint density at radius 3 is 2.81 bits per heavy atom. The highest BCUT2D eigenvalue weighted by Crippen LogP contribution is 2.21. The first-order valence-electron chi connectivity index (χ1n) is 8.84. The lowest BCUT2D eigenvalue weighted by Crippen LogP contribution is -2.43. The van der Waals surface area contributed by atoms with Crippen molar-refractivity contribution in [3.63, 3.8) is 0 Å². The van der Waals surface area contributed by atoms with Crippen LogP contribution in [0.1, 0.15) is 36.4 Å². The van der Waals surface area contributed by atoms with Gasteiger partial charge in [-0.05, 0) is 38.1 Å². The van der Waals surface area contributed by atoms with Crippen LogP contribution in [0, 0.1) is 5.92 Å². The van der Waals surface area contributed by atoms with Crippen LogP contribution >= 0.6 is 11.3 Å². The van der Waals surface area contributed by atoms with Crippen LogP contribution in [0.15, 0.2) is 29.7 Å². The van der Waals surface area contributed by atoms with Crippen molar-refractivity contribution in [2.45, 2.75) is 26.7 Å². The van der Waals surface area contributed by atoms with E-state index in [0.717, 1.165) is 12.0 Å². The average Bonchev–Trinajstić information content (AvgIpc) is 3.17. The molecule has 1 aliphatic rings. The van der Waals surface area contributed by atoms with Gasteiger partial charge < -0.3 is 14.5 Å². The number of hydrogen-bond donors (Lipinski definition) is 0. The monoisotopic (exact) mass is 378 g/mol. The number of thiophene rings is 1. The number of piperidine rings is 1. The van der Waals surface area contributed by atoms with E-state index in [0.29, 0.717) is 37.5 Å². The van der Waals surface area contributed by atoms with Crippen LogP contribution in [-0.4, -0.2) is 60.4 Å². The molecule has 0 bridgehead atoms. The molecular weight excluding hydrogens is 352 g/mol. The lowest BCUT2D eigenvalue weighted by molar-refractivity contribution is -0.156. The van der Waals surface area contributed by atoms with Gasteiger partial charge in [-0.25, -0.2) is 0 Å². The Balaban J connectivity index is 1.86. The maximum Gasteiger partial charge on any atom is 0.311 e. The summed E-state index contributed by atoms with van der Waals surface area (Å²) in [5, 5.41) is 1.86.